The summed E-state index contributed by atoms with van der Waals surface area (Å²) in [5, 5.41) is 17.0. The number of rotatable bonds is 2. The maximum atomic E-state index is 10.4. The first-order valence-corrected chi connectivity index (χ1v) is 3.04. The average molecular weight is 193 g/mol. The van der Waals surface area contributed by atoms with Crippen LogP contribution in [0.4, 0.5) is 0 Å². The quantitative estimate of drug-likeness (QED) is 0.661. The summed E-state index contributed by atoms with van der Waals surface area (Å²) >= 11 is 0. The van der Waals surface area contributed by atoms with Gasteiger partial charge in [-0.2, -0.15) is 0 Å². The molecule has 0 atom stereocenters. The first-order valence-electron chi connectivity index (χ1n) is 3.04. The standard InChI is InChI=1S/C7H5NO4.Mg.2H/c9-6(10)4-2-1-3-8-5(4)7(11)12;;;/h1-3H,(H,9,10)(H,11,12);;;/q;+2;2*-1. The predicted octanol–water partition coefficient (Wildman–Crippen LogP) is 0.322. The van der Waals surface area contributed by atoms with Crippen LogP contribution in [0.1, 0.15) is 23.7 Å². The number of pyridine rings is 1. The molecule has 6 heteroatoms. The Balaban J connectivity index is -0.000000480. The molecule has 0 radical (unpaired) electrons. The molecule has 0 saturated carbocycles. The Bertz CT molecular complexity index is 315. The van der Waals surface area contributed by atoms with Crippen LogP contribution in [0.2, 0.25) is 0 Å². The van der Waals surface area contributed by atoms with E-state index in [1.807, 2.05) is 0 Å². The van der Waals surface area contributed by atoms with E-state index in [1.165, 1.54) is 18.3 Å². The Morgan fingerprint density at radius 1 is 1.31 bits per heavy atom. The van der Waals surface area contributed by atoms with E-state index in [9.17, 15) is 9.59 Å². The molecule has 0 aliphatic carbocycles. The van der Waals surface area contributed by atoms with Gasteiger partial charge in [0.25, 0.3) is 0 Å². The minimum absolute atomic E-state index is 0. The Morgan fingerprint density at radius 2 is 1.92 bits per heavy atom. The molecule has 0 unspecified atom stereocenters. The number of carbonyl (C=O) groups is 2. The largest absolute Gasteiger partial charge is 2.00 e. The third-order valence-corrected chi connectivity index (χ3v) is 1.24. The van der Waals surface area contributed by atoms with Gasteiger partial charge in [-0.05, 0) is 12.1 Å². The van der Waals surface area contributed by atoms with E-state index < -0.39 is 17.6 Å². The van der Waals surface area contributed by atoms with E-state index >= 15 is 0 Å². The van der Waals surface area contributed by atoms with E-state index in [1.54, 1.807) is 0 Å². The van der Waals surface area contributed by atoms with Crippen LogP contribution in [-0.2, 0) is 0 Å². The van der Waals surface area contributed by atoms with Crippen molar-refractivity contribution >= 4 is 35.0 Å². The van der Waals surface area contributed by atoms with Crippen molar-refractivity contribution < 1.29 is 22.7 Å². The van der Waals surface area contributed by atoms with Crippen molar-refractivity contribution in [1.82, 2.24) is 4.98 Å². The first kappa shape index (κ1) is 11.9. The zero-order valence-electron chi connectivity index (χ0n) is 8.60. The molecule has 1 aromatic heterocycles. The second kappa shape index (κ2) is 4.78. The molecule has 5 nitrogen and oxygen atoms in total. The minimum atomic E-state index is -1.34. The number of nitrogens with zero attached hydrogens (tertiary/aromatic N) is 1. The van der Waals surface area contributed by atoms with Gasteiger partial charge in [0.2, 0.25) is 0 Å². The van der Waals surface area contributed by atoms with Crippen molar-refractivity contribution in [3.8, 4) is 0 Å². The van der Waals surface area contributed by atoms with Crippen molar-refractivity contribution in [2.45, 2.75) is 0 Å². The Labute approximate surface area is 92.5 Å². The van der Waals surface area contributed by atoms with Crippen molar-refractivity contribution in [2.75, 3.05) is 0 Å². The van der Waals surface area contributed by atoms with Gasteiger partial charge in [-0.25, -0.2) is 14.6 Å². The van der Waals surface area contributed by atoms with E-state index in [2.05, 4.69) is 4.98 Å². The SMILES string of the molecule is O=C(O)c1cccnc1C(=O)O.[H-].[H-].[Mg+2]. The van der Waals surface area contributed by atoms with Gasteiger partial charge < -0.3 is 13.1 Å². The van der Waals surface area contributed by atoms with Crippen molar-refractivity contribution in [3.63, 3.8) is 0 Å². The molecule has 2 N–H and O–H groups in total. The molecular weight excluding hydrogens is 186 g/mol. The number of aromatic nitrogens is 1. The topological polar surface area (TPSA) is 87.5 Å². The molecule has 1 rings (SSSR count). The molecule has 0 saturated heterocycles. The molecule has 0 fully saturated rings. The summed E-state index contributed by atoms with van der Waals surface area (Å²) in [5.41, 5.74) is -0.741. The third-order valence-electron chi connectivity index (χ3n) is 1.24. The summed E-state index contributed by atoms with van der Waals surface area (Å²) in [6, 6.07) is 2.56. The number of aromatic carboxylic acids is 2. The van der Waals surface area contributed by atoms with Crippen LogP contribution in [0, 0.1) is 0 Å². The van der Waals surface area contributed by atoms with Crippen molar-refractivity contribution in [2.24, 2.45) is 0 Å². The summed E-state index contributed by atoms with van der Waals surface area (Å²) in [5.74, 6) is -2.63. The molecule has 1 heterocycles. The third kappa shape index (κ3) is 2.67. The summed E-state index contributed by atoms with van der Waals surface area (Å²) < 4.78 is 0. The second-order valence-electron chi connectivity index (χ2n) is 2.01. The molecule has 0 aliphatic heterocycles. The fourth-order valence-electron chi connectivity index (χ4n) is 0.748. The zero-order valence-corrected chi connectivity index (χ0v) is 8.01. The first-order chi connectivity index (χ1) is 5.63. The molecule has 0 amide bonds. The van der Waals surface area contributed by atoms with Gasteiger partial charge in [-0.1, -0.05) is 0 Å². The van der Waals surface area contributed by atoms with Crippen LogP contribution in [-0.4, -0.2) is 50.2 Å². The minimum Gasteiger partial charge on any atom is -1.00 e. The van der Waals surface area contributed by atoms with Crippen LogP contribution >= 0.6 is 0 Å². The van der Waals surface area contributed by atoms with Gasteiger partial charge >= 0.3 is 35.0 Å². The molecular formula is C7H7MgNO4. The monoisotopic (exact) mass is 193 g/mol. The molecule has 0 aromatic carbocycles. The smallest absolute Gasteiger partial charge is 1.00 e. The second-order valence-corrected chi connectivity index (χ2v) is 2.01. The van der Waals surface area contributed by atoms with Gasteiger partial charge in [-0.3, -0.25) is 0 Å². The molecule has 0 bridgehead atoms. The van der Waals surface area contributed by atoms with E-state index in [0.29, 0.717) is 0 Å². The maximum Gasteiger partial charge on any atom is 2.00 e. The molecule has 1 aromatic rings. The van der Waals surface area contributed by atoms with E-state index in [0.717, 1.165) is 0 Å². The van der Waals surface area contributed by atoms with Gasteiger partial charge in [0, 0.05) is 6.20 Å². The van der Waals surface area contributed by atoms with Gasteiger partial charge in [0.05, 0.1) is 5.56 Å². The van der Waals surface area contributed by atoms with Crippen molar-refractivity contribution in [1.29, 1.82) is 0 Å². The van der Waals surface area contributed by atoms with Gasteiger partial charge in [0.15, 0.2) is 5.69 Å². The van der Waals surface area contributed by atoms with Gasteiger partial charge in [0.1, 0.15) is 0 Å². The predicted molar refractivity (Wildman–Crippen MR) is 46.1 cm³/mol. The molecule has 66 valence electrons. The summed E-state index contributed by atoms with van der Waals surface area (Å²) in [7, 11) is 0. The Hall–Kier alpha value is -1.14. The Morgan fingerprint density at radius 3 is 2.31 bits per heavy atom. The van der Waals surface area contributed by atoms with Crippen LogP contribution < -0.4 is 0 Å². The average Bonchev–Trinajstić information content (AvgIpc) is 2.04. The molecule has 0 spiro atoms. The van der Waals surface area contributed by atoms with E-state index in [4.69, 9.17) is 10.2 Å². The fraction of sp³-hybridized carbons (Fsp3) is 0. The number of carboxylic acids is 2. The molecule has 13 heavy (non-hydrogen) atoms. The molecule has 0 aliphatic rings. The Kier molecular flexibility index (Phi) is 4.36. The summed E-state index contributed by atoms with van der Waals surface area (Å²) in [6.07, 6.45) is 1.23. The fourth-order valence-corrected chi connectivity index (χ4v) is 0.748. The summed E-state index contributed by atoms with van der Waals surface area (Å²) in [4.78, 5) is 24.2. The zero-order chi connectivity index (χ0) is 9.14. The van der Waals surface area contributed by atoms with E-state index in [-0.39, 0.29) is 31.5 Å². The van der Waals surface area contributed by atoms with Crippen LogP contribution in [0.25, 0.3) is 0 Å². The van der Waals surface area contributed by atoms with Crippen LogP contribution in [0.15, 0.2) is 18.3 Å². The van der Waals surface area contributed by atoms with Crippen molar-refractivity contribution in [3.05, 3.63) is 29.6 Å². The van der Waals surface area contributed by atoms with Crippen LogP contribution in [0.3, 0.4) is 0 Å². The summed E-state index contributed by atoms with van der Waals surface area (Å²) in [6.45, 7) is 0. The van der Waals surface area contributed by atoms with Gasteiger partial charge in [-0.15, -0.1) is 0 Å². The number of hydrogen-bond acceptors (Lipinski definition) is 3. The number of carboxylic acid groups (broad SMARTS) is 2. The number of hydrogen-bond donors (Lipinski definition) is 2. The normalized spacial score (nSPS) is 8.62. The maximum absolute atomic E-state index is 10.4. The van der Waals surface area contributed by atoms with Crippen LogP contribution in [0.5, 0.6) is 0 Å².